The van der Waals surface area contributed by atoms with Gasteiger partial charge in [-0.25, -0.2) is 13.2 Å². The summed E-state index contributed by atoms with van der Waals surface area (Å²) < 4.78 is 30.3. The topological polar surface area (TPSA) is 84.0 Å². The van der Waals surface area contributed by atoms with Crippen LogP contribution in [0.15, 0.2) is 18.2 Å². The molecule has 0 atom stereocenters. The van der Waals surface area contributed by atoms with E-state index in [1.807, 2.05) is 0 Å². The minimum Gasteiger partial charge on any atom is -0.465 e. The van der Waals surface area contributed by atoms with Crippen molar-refractivity contribution in [2.75, 3.05) is 35.2 Å². The highest BCUT2D eigenvalue weighted by atomic mass is 32.2. The van der Waals surface area contributed by atoms with Crippen LogP contribution in [-0.4, -0.2) is 46.2 Å². The molecular formula is C15H18N2O5S. The second-order valence-electron chi connectivity index (χ2n) is 5.62. The van der Waals surface area contributed by atoms with Gasteiger partial charge in [0, 0.05) is 25.2 Å². The Morgan fingerprint density at radius 2 is 1.87 bits per heavy atom. The Balaban J connectivity index is 2.08. The van der Waals surface area contributed by atoms with Gasteiger partial charge in [-0.15, -0.1) is 0 Å². The number of benzene rings is 1. The number of nitrogens with zero attached hydrogens (tertiary/aromatic N) is 2. The number of methoxy groups -OCH3 is 1. The van der Waals surface area contributed by atoms with E-state index in [0.29, 0.717) is 37.3 Å². The van der Waals surface area contributed by atoms with Gasteiger partial charge in [-0.1, -0.05) is 0 Å². The summed E-state index contributed by atoms with van der Waals surface area (Å²) in [4.78, 5) is 25.4. The lowest BCUT2D eigenvalue weighted by Crippen LogP contribution is -2.27. The van der Waals surface area contributed by atoms with Gasteiger partial charge in [-0.05, 0) is 31.0 Å². The molecule has 2 aliphatic rings. The number of ether oxygens (including phenoxy) is 1. The lowest BCUT2D eigenvalue weighted by Gasteiger charge is -2.22. The van der Waals surface area contributed by atoms with E-state index in [-0.39, 0.29) is 17.2 Å². The van der Waals surface area contributed by atoms with Crippen molar-refractivity contribution in [1.82, 2.24) is 0 Å². The van der Waals surface area contributed by atoms with Gasteiger partial charge in [0.2, 0.25) is 15.9 Å². The standard InChI is InChI=1S/C15H18N2O5S/c1-22-15(19)11-8-12(16-5-2-4-14(16)18)10-13(9-11)17-6-3-7-23(17,20)21/h8-10H,2-7H2,1H3. The molecular weight excluding hydrogens is 320 g/mol. The largest absolute Gasteiger partial charge is 0.465 e. The van der Waals surface area contributed by atoms with Crippen molar-refractivity contribution in [3.63, 3.8) is 0 Å². The monoisotopic (exact) mass is 338 g/mol. The molecule has 2 aliphatic heterocycles. The predicted molar refractivity (Wildman–Crippen MR) is 85.1 cm³/mol. The molecule has 0 bridgehead atoms. The molecule has 0 N–H and O–H groups in total. The normalized spacial score (nSPS) is 20.1. The van der Waals surface area contributed by atoms with Crippen LogP contribution in [0.1, 0.15) is 29.6 Å². The van der Waals surface area contributed by atoms with E-state index >= 15 is 0 Å². The molecule has 124 valence electrons. The third-order valence-corrected chi connectivity index (χ3v) is 5.97. The quantitative estimate of drug-likeness (QED) is 0.772. The number of carbonyl (C=O) groups is 2. The Kier molecular flexibility index (Phi) is 4.01. The minimum absolute atomic E-state index is 0.0257. The molecule has 7 nitrogen and oxygen atoms in total. The molecule has 1 amide bonds. The molecule has 1 aromatic rings. The molecule has 0 radical (unpaired) electrons. The lowest BCUT2D eigenvalue weighted by molar-refractivity contribution is -0.117. The number of hydrogen-bond acceptors (Lipinski definition) is 5. The first kappa shape index (κ1) is 15.8. The van der Waals surface area contributed by atoms with Gasteiger partial charge < -0.3 is 9.64 Å². The Morgan fingerprint density at radius 1 is 1.13 bits per heavy atom. The summed E-state index contributed by atoms with van der Waals surface area (Å²) in [6, 6.07) is 4.72. The summed E-state index contributed by atoms with van der Waals surface area (Å²) >= 11 is 0. The van der Waals surface area contributed by atoms with Crippen LogP contribution in [-0.2, 0) is 19.6 Å². The van der Waals surface area contributed by atoms with Crippen LogP contribution in [0, 0.1) is 0 Å². The average Bonchev–Trinajstić information content (AvgIpc) is 3.10. The highest BCUT2D eigenvalue weighted by molar-refractivity contribution is 7.93. The zero-order valence-corrected chi connectivity index (χ0v) is 13.6. The molecule has 1 aromatic carbocycles. The second-order valence-corrected chi connectivity index (χ2v) is 7.63. The third kappa shape index (κ3) is 2.90. The molecule has 3 rings (SSSR count). The van der Waals surface area contributed by atoms with Crippen LogP contribution in [0.5, 0.6) is 0 Å². The van der Waals surface area contributed by atoms with Crippen molar-refractivity contribution < 1.29 is 22.7 Å². The van der Waals surface area contributed by atoms with Crippen molar-refractivity contribution >= 4 is 33.3 Å². The Morgan fingerprint density at radius 3 is 2.43 bits per heavy atom. The van der Waals surface area contributed by atoms with Crippen LogP contribution in [0.3, 0.4) is 0 Å². The predicted octanol–water partition coefficient (Wildman–Crippen LogP) is 1.14. The molecule has 0 aliphatic carbocycles. The molecule has 0 unspecified atom stereocenters. The molecule has 8 heteroatoms. The van der Waals surface area contributed by atoms with Gasteiger partial charge in [0.05, 0.1) is 24.1 Å². The fourth-order valence-electron chi connectivity index (χ4n) is 2.98. The summed E-state index contributed by atoms with van der Waals surface area (Å²) in [5.41, 5.74) is 1.18. The van der Waals surface area contributed by atoms with Gasteiger partial charge in [0.25, 0.3) is 0 Å². The number of sulfonamides is 1. The van der Waals surface area contributed by atoms with E-state index in [4.69, 9.17) is 4.74 Å². The minimum atomic E-state index is -3.37. The number of rotatable bonds is 3. The maximum atomic E-state index is 12.1. The van der Waals surface area contributed by atoms with Gasteiger partial charge in [-0.3, -0.25) is 9.10 Å². The third-order valence-electron chi connectivity index (χ3n) is 4.10. The summed E-state index contributed by atoms with van der Waals surface area (Å²) in [5.74, 6) is -0.494. The fourth-order valence-corrected chi connectivity index (χ4v) is 4.53. The second kappa shape index (κ2) is 5.84. The Hall–Kier alpha value is -2.09. The molecule has 0 saturated carbocycles. The first-order valence-corrected chi connectivity index (χ1v) is 9.07. The lowest BCUT2D eigenvalue weighted by atomic mass is 10.1. The van der Waals surface area contributed by atoms with Gasteiger partial charge >= 0.3 is 5.97 Å². The van der Waals surface area contributed by atoms with Crippen LogP contribution < -0.4 is 9.21 Å². The number of amides is 1. The van der Waals surface area contributed by atoms with E-state index in [1.165, 1.54) is 17.5 Å². The van der Waals surface area contributed by atoms with Crippen molar-refractivity contribution in [2.45, 2.75) is 19.3 Å². The molecule has 0 spiro atoms. The van der Waals surface area contributed by atoms with Crippen LogP contribution in [0.4, 0.5) is 11.4 Å². The number of hydrogen-bond donors (Lipinski definition) is 0. The molecule has 0 aromatic heterocycles. The summed E-state index contributed by atoms with van der Waals surface area (Å²) in [6.45, 7) is 0.940. The Labute approximate surface area is 134 Å². The van der Waals surface area contributed by atoms with Crippen molar-refractivity contribution in [3.05, 3.63) is 23.8 Å². The van der Waals surface area contributed by atoms with E-state index < -0.39 is 16.0 Å². The number of esters is 1. The molecule has 23 heavy (non-hydrogen) atoms. The van der Waals surface area contributed by atoms with E-state index in [9.17, 15) is 18.0 Å². The van der Waals surface area contributed by atoms with Crippen molar-refractivity contribution in [3.8, 4) is 0 Å². The zero-order valence-electron chi connectivity index (χ0n) is 12.8. The number of anilines is 2. The molecule has 2 heterocycles. The van der Waals surface area contributed by atoms with Crippen LogP contribution in [0.25, 0.3) is 0 Å². The molecule has 2 fully saturated rings. The van der Waals surface area contributed by atoms with Crippen molar-refractivity contribution in [2.24, 2.45) is 0 Å². The maximum absolute atomic E-state index is 12.1. The van der Waals surface area contributed by atoms with Gasteiger partial charge in [-0.2, -0.15) is 0 Å². The highest BCUT2D eigenvalue weighted by Crippen LogP contribution is 2.32. The van der Waals surface area contributed by atoms with Gasteiger partial charge in [0.1, 0.15) is 0 Å². The van der Waals surface area contributed by atoms with E-state index in [0.717, 1.165) is 6.42 Å². The first-order chi connectivity index (χ1) is 10.9. The highest BCUT2D eigenvalue weighted by Gasteiger charge is 2.31. The maximum Gasteiger partial charge on any atom is 0.337 e. The first-order valence-electron chi connectivity index (χ1n) is 7.46. The summed E-state index contributed by atoms with van der Waals surface area (Å²) in [7, 11) is -2.10. The summed E-state index contributed by atoms with van der Waals surface area (Å²) in [6.07, 6.45) is 1.75. The SMILES string of the molecule is COC(=O)c1cc(N2CCCC2=O)cc(N2CCCS2(=O)=O)c1. The van der Waals surface area contributed by atoms with Gasteiger partial charge in [0.15, 0.2) is 0 Å². The average molecular weight is 338 g/mol. The summed E-state index contributed by atoms with van der Waals surface area (Å²) in [5, 5.41) is 0. The van der Waals surface area contributed by atoms with E-state index in [1.54, 1.807) is 17.0 Å². The van der Waals surface area contributed by atoms with Crippen LogP contribution >= 0.6 is 0 Å². The smallest absolute Gasteiger partial charge is 0.337 e. The number of carbonyl (C=O) groups excluding carboxylic acids is 2. The zero-order chi connectivity index (χ0) is 16.6. The van der Waals surface area contributed by atoms with Crippen LogP contribution in [0.2, 0.25) is 0 Å². The van der Waals surface area contributed by atoms with Crippen molar-refractivity contribution in [1.29, 1.82) is 0 Å². The Bertz CT molecular complexity index is 759. The fraction of sp³-hybridized carbons (Fsp3) is 0.467. The van der Waals surface area contributed by atoms with E-state index in [2.05, 4.69) is 0 Å². The molecule has 2 saturated heterocycles.